The van der Waals surface area contributed by atoms with Gasteiger partial charge in [0, 0.05) is 24.6 Å². The minimum Gasteiger partial charge on any atom is -0.371 e. The number of anilines is 3. The van der Waals surface area contributed by atoms with Crippen molar-refractivity contribution in [1.29, 1.82) is 0 Å². The van der Waals surface area contributed by atoms with Crippen LogP contribution < -0.4 is 9.80 Å². The Morgan fingerprint density at radius 2 is 1.79 bits per heavy atom. The molecular weight excluding hydrogens is 302 g/mol. The summed E-state index contributed by atoms with van der Waals surface area (Å²) in [6, 6.07) is 12.6. The summed E-state index contributed by atoms with van der Waals surface area (Å²) in [6.45, 7) is 3.99. The molecule has 98 valence electrons. The minimum atomic E-state index is 0.960. The van der Waals surface area contributed by atoms with Gasteiger partial charge in [0.1, 0.15) is 5.82 Å². The average Bonchev–Trinajstić information content (AvgIpc) is 2.43. The van der Waals surface area contributed by atoms with Gasteiger partial charge in [-0.2, -0.15) is 0 Å². The second-order valence-corrected chi connectivity index (χ2v) is 5.65. The largest absolute Gasteiger partial charge is 0.371 e. The van der Waals surface area contributed by atoms with Gasteiger partial charge in [-0.05, 0) is 47.1 Å². The number of nitrogens with zero attached hydrogens (tertiary/aromatic N) is 3. The number of fused-ring (bicyclic) bond motifs is 1. The molecule has 4 heteroatoms. The number of likely N-dealkylation sites (N-methyl/N-ethyl adjacent to an activating group) is 1. The summed E-state index contributed by atoms with van der Waals surface area (Å²) in [6.07, 6.45) is 0. The van der Waals surface area contributed by atoms with E-state index in [2.05, 4.69) is 74.2 Å². The van der Waals surface area contributed by atoms with Crippen molar-refractivity contribution in [1.82, 2.24) is 4.98 Å². The van der Waals surface area contributed by atoms with Crippen molar-refractivity contribution in [2.45, 2.75) is 6.92 Å². The lowest BCUT2D eigenvalue weighted by Crippen LogP contribution is -2.36. The summed E-state index contributed by atoms with van der Waals surface area (Å²) in [4.78, 5) is 9.26. The summed E-state index contributed by atoms with van der Waals surface area (Å²) >= 11 is 3.51. The van der Waals surface area contributed by atoms with Crippen molar-refractivity contribution in [3.05, 3.63) is 46.6 Å². The third-order valence-electron chi connectivity index (χ3n) is 3.53. The highest BCUT2D eigenvalue weighted by Crippen LogP contribution is 2.36. The van der Waals surface area contributed by atoms with Crippen LogP contribution in [0.25, 0.3) is 0 Å². The summed E-state index contributed by atoms with van der Waals surface area (Å²) in [5.74, 6) is 1.02. The fourth-order valence-corrected chi connectivity index (χ4v) is 2.65. The van der Waals surface area contributed by atoms with Gasteiger partial charge < -0.3 is 9.80 Å². The van der Waals surface area contributed by atoms with Gasteiger partial charge in [0.25, 0.3) is 0 Å². The normalized spacial score (nSPS) is 14.5. The molecule has 0 saturated heterocycles. The lowest BCUT2D eigenvalue weighted by atomic mass is 10.1. The molecule has 1 aromatic heterocycles. The monoisotopic (exact) mass is 317 g/mol. The van der Waals surface area contributed by atoms with E-state index in [1.54, 1.807) is 0 Å². The molecule has 19 heavy (non-hydrogen) atoms. The molecule has 1 aliphatic rings. The molecule has 0 spiro atoms. The first-order chi connectivity index (χ1) is 9.16. The number of aryl methyl sites for hydroxylation is 1. The van der Waals surface area contributed by atoms with E-state index in [0.29, 0.717) is 0 Å². The van der Waals surface area contributed by atoms with E-state index in [1.165, 1.54) is 11.4 Å². The Kier molecular flexibility index (Phi) is 3.19. The molecular formula is C15H16BrN3. The third-order valence-corrected chi connectivity index (χ3v) is 4.36. The molecule has 0 unspecified atom stereocenters. The zero-order valence-corrected chi connectivity index (χ0v) is 12.7. The first kappa shape index (κ1) is 12.5. The van der Waals surface area contributed by atoms with E-state index in [1.807, 2.05) is 6.92 Å². The fourth-order valence-electron chi connectivity index (χ4n) is 2.43. The third kappa shape index (κ3) is 2.21. The van der Waals surface area contributed by atoms with Crippen LogP contribution in [-0.2, 0) is 0 Å². The second kappa shape index (κ2) is 4.85. The Morgan fingerprint density at radius 3 is 2.53 bits per heavy atom. The second-order valence-electron chi connectivity index (χ2n) is 4.80. The Hall–Kier alpha value is -1.55. The van der Waals surface area contributed by atoms with Crippen LogP contribution in [0.1, 0.15) is 5.69 Å². The van der Waals surface area contributed by atoms with Crippen molar-refractivity contribution in [2.24, 2.45) is 0 Å². The van der Waals surface area contributed by atoms with Gasteiger partial charge >= 0.3 is 0 Å². The van der Waals surface area contributed by atoms with Gasteiger partial charge in [0.15, 0.2) is 0 Å². The molecule has 0 radical (unpaired) electrons. The van der Waals surface area contributed by atoms with E-state index in [0.717, 1.165) is 29.1 Å². The molecule has 3 rings (SSSR count). The molecule has 1 aliphatic heterocycles. The van der Waals surface area contributed by atoms with Crippen LogP contribution in [0.15, 0.2) is 40.9 Å². The maximum absolute atomic E-state index is 4.68. The van der Waals surface area contributed by atoms with Crippen LogP contribution in [-0.4, -0.2) is 25.1 Å². The van der Waals surface area contributed by atoms with E-state index in [9.17, 15) is 0 Å². The number of aromatic nitrogens is 1. The summed E-state index contributed by atoms with van der Waals surface area (Å²) in [7, 11) is 2.14. The van der Waals surface area contributed by atoms with Gasteiger partial charge in [-0.1, -0.05) is 12.1 Å². The highest BCUT2D eigenvalue weighted by Gasteiger charge is 2.21. The summed E-state index contributed by atoms with van der Waals surface area (Å²) in [5, 5.41) is 0. The molecule has 0 atom stereocenters. The SMILES string of the molecule is Cc1nc(N2CCN(C)c3ccccc32)ccc1Br. The smallest absolute Gasteiger partial charge is 0.133 e. The topological polar surface area (TPSA) is 19.4 Å². The Labute approximate surface area is 122 Å². The van der Waals surface area contributed by atoms with E-state index < -0.39 is 0 Å². The van der Waals surface area contributed by atoms with Crippen molar-refractivity contribution in [3.8, 4) is 0 Å². The number of hydrogen-bond donors (Lipinski definition) is 0. The molecule has 0 bridgehead atoms. The summed E-state index contributed by atoms with van der Waals surface area (Å²) in [5.41, 5.74) is 3.51. The zero-order chi connectivity index (χ0) is 13.4. The van der Waals surface area contributed by atoms with Crippen LogP contribution in [0.3, 0.4) is 0 Å². The van der Waals surface area contributed by atoms with Gasteiger partial charge in [0.2, 0.25) is 0 Å². The standard InChI is InChI=1S/C15H16BrN3/c1-11-12(16)7-8-15(17-11)19-10-9-18(2)13-5-3-4-6-14(13)19/h3-8H,9-10H2,1-2H3. The average molecular weight is 318 g/mol. The number of hydrogen-bond acceptors (Lipinski definition) is 3. The predicted molar refractivity (Wildman–Crippen MR) is 83.4 cm³/mol. The first-order valence-corrected chi connectivity index (χ1v) is 7.17. The van der Waals surface area contributed by atoms with Gasteiger partial charge in [0.05, 0.1) is 17.1 Å². The molecule has 1 aromatic carbocycles. The van der Waals surface area contributed by atoms with Crippen LogP contribution in [0, 0.1) is 6.92 Å². The Balaban J connectivity index is 2.07. The maximum atomic E-state index is 4.68. The maximum Gasteiger partial charge on any atom is 0.133 e. The van der Waals surface area contributed by atoms with Gasteiger partial charge in [-0.25, -0.2) is 4.98 Å². The molecule has 2 aromatic rings. The van der Waals surface area contributed by atoms with Crippen LogP contribution in [0.5, 0.6) is 0 Å². The zero-order valence-electron chi connectivity index (χ0n) is 11.1. The molecule has 0 saturated carbocycles. The number of benzene rings is 1. The van der Waals surface area contributed by atoms with Crippen LogP contribution in [0.4, 0.5) is 17.2 Å². The predicted octanol–water partition coefficient (Wildman–Crippen LogP) is 3.74. The van der Waals surface area contributed by atoms with Crippen molar-refractivity contribution < 1.29 is 0 Å². The Morgan fingerprint density at radius 1 is 1.05 bits per heavy atom. The molecule has 3 nitrogen and oxygen atoms in total. The number of pyridine rings is 1. The summed E-state index contributed by atoms with van der Waals surface area (Å²) < 4.78 is 1.05. The van der Waals surface area contributed by atoms with E-state index in [4.69, 9.17) is 0 Å². The minimum absolute atomic E-state index is 0.960. The van der Waals surface area contributed by atoms with E-state index in [-0.39, 0.29) is 0 Å². The van der Waals surface area contributed by atoms with Crippen molar-refractivity contribution in [3.63, 3.8) is 0 Å². The highest BCUT2D eigenvalue weighted by molar-refractivity contribution is 9.10. The van der Waals surface area contributed by atoms with Gasteiger partial charge in [-0.3, -0.25) is 0 Å². The molecule has 0 amide bonds. The lowest BCUT2D eigenvalue weighted by Gasteiger charge is -2.36. The van der Waals surface area contributed by atoms with Crippen molar-refractivity contribution >= 4 is 33.1 Å². The molecule has 2 heterocycles. The van der Waals surface area contributed by atoms with E-state index >= 15 is 0 Å². The number of para-hydroxylation sites is 2. The number of rotatable bonds is 1. The molecule has 0 fully saturated rings. The van der Waals surface area contributed by atoms with Crippen LogP contribution >= 0.6 is 15.9 Å². The lowest BCUT2D eigenvalue weighted by molar-refractivity contribution is 0.811. The quantitative estimate of drug-likeness (QED) is 0.798. The van der Waals surface area contributed by atoms with Crippen LogP contribution in [0.2, 0.25) is 0 Å². The van der Waals surface area contributed by atoms with Crippen molar-refractivity contribution in [2.75, 3.05) is 29.9 Å². The Bertz CT molecular complexity index is 612. The number of halogens is 1. The molecule has 0 N–H and O–H groups in total. The fraction of sp³-hybridized carbons (Fsp3) is 0.267. The molecule has 0 aliphatic carbocycles. The van der Waals surface area contributed by atoms with Gasteiger partial charge in [-0.15, -0.1) is 0 Å². The highest BCUT2D eigenvalue weighted by atomic mass is 79.9. The first-order valence-electron chi connectivity index (χ1n) is 6.37.